The molecule has 1 N–H and O–H groups in total. The van der Waals surface area contributed by atoms with Gasteiger partial charge in [0, 0.05) is 57.2 Å². The number of aryl methyl sites for hydroxylation is 2. The number of amides is 1. The predicted molar refractivity (Wildman–Crippen MR) is 111 cm³/mol. The number of sulfonamides is 1. The topological polar surface area (TPSA) is 100 Å². The number of anilines is 1. The van der Waals surface area contributed by atoms with Crippen LogP contribution in [0.3, 0.4) is 0 Å². The van der Waals surface area contributed by atoms with Crippen molar-refractivity contribution in [1.29, 1.82) is 0 Å². The van der Waals surface area contributed by atoms with Crippen LogP contribution in [0.2, 0.25) is 0 Å². The molecule has 0 saturated carbocycles. The van der Waals surface area contributed by atoms with Crippen molar-refractivity contribution in [3.05, 3.63) is 41.3 Å². The summed E-state index contributed by atoms with van der Waals surface area (Å²) in [5.74, 6) is 0.560. The monoisotopic (exact) mass is 420 g/mol. The van der Waals surface area contributed by atoms with Crippen molar-refractivity contribution in [3.63, 3.8) is 0 Å². The van der Waals surface area contributed by atoms with Gasteiger partial charge in [0.2, 0.25) is 15.9 Å². The molecule has 0 aliphatic carbocycles. The van der Waals surface area contributed by atoms with Crippen LogP contribution in [0.15, 0.2) is 24.4 Å². The molecular weight excluding hydrogens is 392 g/mol. The number of pyridine rings is 1. The molecular formula is C19H28N6O3S. The summed E-state index contributed by atoms with van der Waals surface area (Å²) in [5, 5.41) is 7.02. The minimum Gasteiger partial charge on any atom is -0.355 e. The van der Waals surface area contributed by atoms with E-state index in [0.29, 0.717) is 26.2 Å². The molecule has 158 valence electrons. The number of aromatic nitrogens is 3. The molecule has 0 spiro atoms. The van der Waals surface area contributed by atoms with E-state index in [4.69, 9.17) is 0 Å². The molecule has 1 saturated heterocycles. The summed E-state index contributed by atoms with van der Waals surface area (Å²) in [6.07, 6.45) is 1.93. The third-order valence-electron chi connectivity index (χ3n) is 5.28. The van der Waals surface area contributed by atoms with Crippen LogP contribution in [-0.4, -0.2) is 71.9 Å². The molecule has 3 heterocycles. The molecule has 2 aromatic heterocycles. The van der Waals surface area contributed by atoms with Gasteiger partial charge in [0.1, 0.15) is 5.82 Å². The zero-order valence-corrected chi connectivity index (χ0v) is 17.9. The first-order chi connectivity index (χ1) is 13.8. The van der Waals surface area contributed by atoms with Crippen molar-refractivity contribution < 1.29 is 13.2 Å². The lowest BCUT2D eigenvalue weighted by atomic mass is 10.1. The summed E-state index contributed by atoms with van der Waals surface area (Å²) in [5.41, 5.74) is 2.65. The van der Waals surface area contributed by atoms with E-state index in [1.165, 1.54) is 4.31 Å². The highest BCUT2D eigenvalue weighted by atomic mass is 32.2. The molecule has 29 heavy (non-hydrogen) atoms. The van der Waals surface area contributed by atoms with Gasteiger partial charge in [-0.3, -0.25) is 9.48 Å². The van der Waals surface area contributed by atoms with Gasteiger partial charge in [-0.2, -0.15) is 9.40 Å². The van der Waals surface area contributed by atoms with E-state index in [0.717, 1.165) is 22.8 Å². The van der Waals surface area contributed by atoms with Gasteiger partial charge in [-0.25, -0.2) is 13.4 Å². The van der Waals surface area contributed by atoms with Gasteiger partial charge >= 0.3 is 0 Å². The third-order valence-corrected chi connectivity index (χ3v) is 7.16. The number of rotatable bonds is 7. The summed E-state index contributed by atoms with van der Waals surface area (Å²) >= 11 is 0. The van der Waals surface area contributed by atoms with Gasteiger partial charge in [0.15, 0.2) is 0 Å². The van der Waals surface area contributed by atoms with Crippen molar-refractivity contribution in [2.24, 2.45) is 7.05 Å². The Morgan fingerprint density at radius 2 is 1.90 bits per heavy atom. The normalized spacial score (nSPS) is 15.5. The molecule has 1 amide bonds. The Hall–Kier alpha value is -2.46. The molecule has 0 bridgehead atoms. The average molecular weight is 421 g/mol. The number of piperazine rings is 1. The second-order valence-electron chi connectivity index (χ2n) is 7.19. The SMILES string of the molecule is Cc1nn(C)c(C)c1CC(=O)NCCS(=O)(=O)N1CCN(c2ccccn2)CC1. The highest BCUT2D eigenvalue weighted by molar-refractivity contribution is 7.89. The minimum atomic E-state index is -3.41. The van der Waals surface area contributed by atoms with Crippen molar-refractivity contribution in [3.8, 4) is 0 Å². The largest absolute Gasteiger partial charge is 0.355 e. The Balaban J connectivity index is 1.46. The van der Waals surface area contributed by atoms with Crippen LogP contribution in [0.5, 0.6) is 0 Å². The second-order valence-corrected chi connectivity index (χ2v) is 9.28. The highest BCUT2D eigenvalue weighted by Crippen LogP contribution is 2.15. The lowest BCUT2D eigenvalue weighted by Gasteiger charge is -2.34. The van der Waals surface area contributed by atoms with Gasteiger partial charge in [-0.1, -0.05) is 6.07 Å². The molecule has 0 unspecified atom stereocenters. The highest BCUT2D eigenvalue weighted by Gasteiger charge is 2.27. The van der Waals surface area contributed by atoms with Gasteiger partial charge in [0.25, 0.3) is 0 Å². The van der Waals surface area contributed by atoms with Crippen molar-refractivity contribution in [1.82, 2.24) is 24.4 Å². The maximum absolute atomic E-state index is 12.6. The Labute approximate surface area is 171 Å². The molecule has 1 fully saturated rings. The molecule has 3 rings (SSSR count). The maximum atomic E-state index is 12.6. The first kappa shape index (κ1) is 21.3. The zero-order valence-electron chi connectivity index (χ0n) is 17.1. The quantitative estimate of drug-likeness (QED) is 0.689. The fraction of sp³-hybridized carbons (Fsp3) is 0.526. The fourth-order valence-electron chi connectivity index (χ4n) is 3.48. The number of hydrogen-bond acceptors (Lipinski definition) is 6. The third kappa shape index (κ3) is 5.13. The van der Waals surface area contributed by atoms with Crippen LogP contribution >= 0.6 is 0 Å². The second kappa shape index (κ2) is 8.91. The molecule has 10 heteroatoms. The standard InChI is InChI=1S/C19H28N6O3S/c1-15-17(16(2)23(3)22-15)14-19(26)21-8-13-29(27,28)25-11-9-24(10-12-25)18-6-4-5-7-20-18/h4-7H,8-14H2,1-3H3,(H,21,26). The van der Waals surface area contributed by atoms with Crippen LogP contribution in [-0.2, 0) is 28.3 Å². The molecule has 0 aromatic carbocycles. The smallest absolute Gasteiger partial charge is 0.224 e. The number of carbonyl (C=O) groups is 1. The summed E-state index contributed by atoms with van der Waals surface area (Å²) in [4.78, 5) is 18.6. The van der Waals surface area contributed by atoms with E-state index in [2.05, 4.69) is 20.3 Å². The Morgan fingerprint density at radius 1 is 1.17 bits per heavy atom. The molecule has 1 aliphatic heterocycles. The van der Waals surface area contributed by atoms with E-state index >= 15 is 0 Å². The van der Waals surface area contributed by atoms with Crippen LogP contribution in [0.1, 0.15) is 17.0 Å². The average Bonchev–Trinajstić information content (AvgIpc) is 2.94. The first-order valence-corrected chi connectivity index (χ1v) is 11.3. The number of carbonyl (C=O) groups excluding carboxylic acids is 1. The van der Waals surface area contributed by atoms with Crippen LogP contribution in [0.25, 0.3) is 0 Å². The van der Waals surface area contributed by atoms with Gasteiger partial charge in [0.05, 0.1) is 17.9 Å². The van der Waals surface area contributed by atoms with E-state index < -0.39 is 10.0 Å². The Morgan fingerprint density at radius 3 is 2.48 bits per heavy atom. The molecule has 0 radical (unpaired) electrons. The Bertz CT molecular complexity index is 950. The predicted octanol–water partition coefficient (Wildman–Crippen LogP) is 0.243. The van der Waals surface area contributed by atoms with Crippen LogP contribution < -0.4 is 10.2 Å². The minimum absolute atomic E-state index is 0.0972. The first-order valence-electron chi connectivity index (χ1n) is 9.67. The maximum Gasteiger partial charge on any atom is 0.224 e. The van der Waals surface area contributed by atoms with E-state index in [1.807, 2.05) is 39.1 Å². The van der Waals surface area contributed by atoms with Crippen LogP contribution in [0, 0.1) is 13.8 Å². The Kier molecular flexibility index (Phi) is 6.53. The summed E-state index contributed by atoms with van der Waals surface area (Å²) in [6.45, 7) is 5.91. The molecule has 0 atom stereocenters. The van der Waals surface area contributed by atoms with Gasteiger partial charge in [-0.15, -0.1) is 0 Å². The summed E-state index contributed by atoms with van der Waals surface area (Å²) < 4.78 is 28.5. The zero-order chi connectivity index (χ0) is 21.0. The molecule has 1 aliphatic rings. The van der Waals surface area contributed by atoms with Crippen molar-refractivity contribution in [2.75, 3.05) is 43.4 Å². The number of nitrogens with one attached hydrogen (secondary N) is 1. The van der Waals surface area contributed by atoms with Crippen molar-refractivity contribution >= 4 is 21.7 Å². The lowest BCUT2D eigenvalue weighted by Crippen LogP contribution is -2.50. The molecule has 2 aromatic rings. The van der Waals surface area contributed by atoms with Gasteiger partial charge in [-0.05, 0) is 26.0 Å². The fourth-order valence-corrected chi connectivity index (χ4v) is 4.82. The van der Waals surface area contributed by atoms with E-state index in [9.17, 15) is 13.2 Å². The molecule has 9 nitrogen and oxygen atoms in total. The van der Waals surface area contributed by atoms with E-state index in [-0.39, 0.29) is 24.6 Å². The number of nitrogens with zero attached hydrogens (tertiary/aromatic N) is 5. The van der Waals surface area contributed by atoms with Gasteiger partial charge < -0.3 is 10.2 Å². The summed E-state index contributed by atoms with van der Waals surface area (Å²) in [6, 6.07) is 5.70. The lowest BCUT2D eigenvalue weighted by molar-refractivity contribution is -0.120. The number of hydrogen-bond donors (Lipinski definition) is 1. The van der Waals surface area contributed by atoms with E-state index in [1.54, 1.807) is 10.9 Å². The van der Waals surface area contributed by atoms with Crippen LogP contribution in [0.4, 0.5) is 5.82 Å². The summed E-state index contributed by atoms with van der Waals surface area (Å²) in [7, 11) is -1.58. The van der Waals surface area contributed by atoms with Crippen molar-refractivity contribution in [2.45, 2.75) is 20.3 Å².